The summed E-state index contributed by atoms with van der Waals surface area (Å²) in [5.74, 6) is 0.234. The zero-order chi connectivity index (χ0) is 23.8. The highest BCUT2D eigenvalue weighted by Crippen LogP contribution is 2.29. The first-order valence-electron chi connectivity index (χ1n) is 10.5. The Bertz CT molecular complexity index is 1180. The van der Waals surface area contributed by atoms with Crippen LogP contribution in [0.3, 0.4) is 0 Å². The van der Waals surface area contributed by atoms with E-state index in [0.29, 0.717) is 11.4 Å². The second-order valence-corrected chi connectivity index (χ2v) is 9.13. The molecule has 0 bridgehead atoms. The fourth-order valence-corrected chi connectivity index (χ4v) is 4.54. The van der Waals surface area contributed by atoms with Crippen molar-refractivity contribution in [3.05, 3.63) is 83.9 Å². The SMILES string of the molecule is CCc1ccc(NC(=O)[C@H](Cc2ccccc2)NS(=O)(=O)c2ccc(OC)c(OC)c2)cc1. The first-order valence-corrected chi connectivity index (χ1v) is 12.0. The molecule has 0 spiro atoms. The van der Waals surface area contributed by atoms with Crippen molar-refractivity contribution in [3.8, 4) is 11.5 Å². The lowest BCUT2D eigenvalue weighted by Crippen LogP contribution is -2.45. The molecule has 3 aromatic carbocycles. The molecule has 0 heterocycles. The van der Waals surface area contributed by atoms with Crippen LogP contribution in [0.1, 0.15) is 18.1 Å². The van der Waals surface area contributed by atoms with E-state index in [1.54, 1.807) is 12.1 Å². The van der Waals surface area contributed by atoms with Gasteiger partial charge in [0.15, 0.2) is 11.5 Å². The van der Waals surface area contributed by atoms with Gasteiger partial charge in [0, 0.05) is 11.8 Å². The summed E-state index contributed by atoms with van der Waals surface area (Å²) < 4.78 is 39.3. The van der Waals surface area contributed by atoms with E-state index in [0.717, 1.165) is 17.5 Å². The minimum absolute atomic E-state index is 0.0293. The van der Waals surface area contributed by atoms with Crippen LogP contribution in [-0.2, 0) is 27.7 Å². The molecule has 0 aliphatic heterocycles. The number of ether oxygens (including phenoxy) is 2. The van der Waals surface area contributed by atoms with Gasteiger partial charge in [-0.15, -0.1) is 0 Å². The zero-order valence-electron chi connectivity index (χ0n) is 18.9. The first kappa shape index (κ1) is 24.3. The summed E-state index contributed by atoms with van der Waals surface area (Å²) in [5, 5.41) is 2.82. The van der Waals surface area contributed by atoms with Crippen molar-refractivity contribution in [2.45, 2.75) is 30.7 Å². The minimum atomic E-state index is -4.03. The van der Waals surface area contributed by atoms with E-state index in [1.165, 1.54) is 32.4 Å². The monoisotopic (exact) mass is 468 g/mol. The lowest BCUT2D eigenvalue weighted by molar-refractivity contribution is -0.117. The van der Waals surface area contributed by atoms with Gasteiger partial charge >= 0.3 is 0 Å². The van der Waals surface area contributed by atoms with Crippen LogP contribution in [-0.4, -0.2) is 34.6 Å². The average Bonchev–Trinajstić information content (AvgIpc) is 2.84. The third-order valence-electron chi connectivity index (χ3n) is 5.19. The number of methoxy groups -OCH3 is 2. The van der Waals surface area contributed by atoms with Gasteiger partial charge in [0.1, 0.15) is 6.04 Å². The van der Waals surface area contributed by atoms with E-state index < -0.39 is 22.0 Å². The third-order valence-corrected chi connectivity index (χ3v) is 6.66. The second kappa shape index (κ2) is 11.0. The first-order chi connectivity index (χ1) is 15.9. The van der Waals surface area contributed by atoms with E-state index in [2.05, 4.69) is 10.0 Å². The largest absolute Gasteiger partial charge is 0.493 e. The van der Waals surface area contributed by atoms with Gasteiger partial charge in [-0.25, -0.2) is 8.42 Å². The maximum Gasteiger partial charge on any atom is 0.242 e. The molecule has 0 unspecified atom stereocenters. The number of benzene rings is 3. The number of anilines is 1. The highest BCUT2D eigenvalue weighted by molar-refractivity contribution is 7.89. The van der Waals surface area contributed by atoms with Crippen LogP contribution in [0.5, 0.6) is 11.5 Å². The molecule has 7 nitrogen and oxygen atoms in total. The maximum absolute atomic E-state index is 13.2. The molecular weight excluding hydrogens is 440 g/mol. The molecule has 0 aliphatic rings. The topological polar surface area (TPSA) is 93.7 Å². The van der Waals surface area contributed by atoms with Crippen LogP contribution in [0.15, 0.2) is 77.7 Å². The molecule has 1 atom stereocenters. The lowest BCUT2D eigenvalue weighted by Gasteiger charge is -2.19. The predicted molar refractivity (Wildman–Crippen MR) is 128 cm³/mol. The van der Waals surface area contributed by atoms with Gasteiger partial charge in [0.05, 0.1) is 19.1 Å². The maximum atomic E-state index is 13.2. The molecule has 0 saturated heterocycles. The molecule has 3 aromatic rings. The summed E-state index contributed by atoms with van der Waals surface area (Å²) >= 11 is 0. The van der Waals surface area contributed by atoms with Crippen molar-refractivity contribution < 1.29 is 22.7 Å². The standard InChI is InChI=1S/C25H28N2O5S/c1-4-18-10-12-20(13-11-18)26-25(28)22(16-19-8-6-5-7-9-19)27-33(29,30)21-14-15-23(31-2)24(17-21)32-3/h5-15,17,22,27H,4,16H2,1-3H3,(H,26,28)/t22-/m0/s1. The highest BCUT2D eigenvalue weighted by atomic mass is 32.2. The lowest BCUT2D eigenvalue weighted by atomic mass is 10.1. The fourth-order valence-electron chi connectivity index (χ4n) is 3.33. The number of aryl methyl sites for hydroxylation is 1. The number of hydrogen-bond acceptors (Lipinski definition) is 5. The van der Waals surface area contributed by atoms with Crippen LogP contribution < -0.4 is 19.5 Å². The summed E-state index contributed by atoms with van der Waals surface area (Å²) in [4.78, 5) is 13.1. The Morgan fingerprint density at radius 3 is 2.15 bits per heavy atom. The summed E-state index contributed by atoms with van der Waals surface area (Å²) in [6.45, 7) is 2.05. The third kappa shape index (κ3) is 6.34. The second-order valence-electron chi connectivity index (χ2n) is 7.42. The highest BCUT2D eigenvalue weighted by Gasteiger charge is 2.27. The summed E-state index contributed by atoms with van der Waals surface area (Å²) in [6, 6.07) is 20.0. The summed E-state index contributed by atoms with van der Waals surface area (Å²) in [6.07, 6.45) is 1.07. The van der Waals surface area contributed by atoms with E-state index in [9.17, 15) is 13.2 Å². The molecule has 174 valence electrons. The van der Waals surface area contributed by atoms with Gasteiger partial charge in [0.2, 0.25) is 15.9 Å². The van der Waals surface area contributed by atoms with Crippen LogP contribution in [0.25, 0.3) is 0 Å². The fraction of sp³-hybridized carbons (Fsp3) is 0.240. The van der Waals surface area contributed by atoms with Crippen molar-refractivity contribution in [3.63, 3.8) is 0 Å². The van der Waals surface area contributed by atoms with Crippen molar-refractivity contribution in [1.29, 1.82) is 0 Å². The Morgan fingerprint density at radius 2 is 1.55 bits per heavy atom. The van der Waals surface area contributed by atoms with E-state index in [4.69, 9.17) is 9.47 Å². The molecule has 33 heavy (non-hydrogen) atoms. The van der Waals surface area contributed by atoms with Gasteiger partial charge in [-0.2, -0.15) is 4.72 Å². The molecule has 3 rings (SSSR count). The number of amides is 1. The van der Waals surface area contributed by atoms with Crippen molar-refractivity contribution >= 4 is 21.6 Å². The molecule has 0 radical (unpaired) electrons. The normalized spacial score (nSPS) is 12.1. The number of hydrogen-bond donors (Lipinski definition) is 2. The van der Waals surface area contributed by atoms with Gasteiger partial charge in [-0.05, 0) is 48.2 Å². The van der Waals surface area contributed by atoms with Gasteiger partial charge in [-0.1, -0.05) is 49.4 Å². The Balaban J connectivity index is 1.87. The van der Waals surface area contributed by atoms with E-state index in [1.807, 2.05) is 49.4 Å². The molecule has 8 heteroatoms. The van der Waals surface area contributed by atoms with E-state index >= 15 is 0 Å². The number of carbonyl (C=O) groups excluding carboxylic acids is 1. The number of carbonyl (C=O) groups is 1. The van der Waals surface area contributed by atoms with Crippen LogP contribution >= 0.6 is 0 Å². The number of rotatable bonds is 10. The van der Waals surface area contributed by atoms with Gasteiger partial charge in [0.25, 0.3) is 0 Å². The molecular formula is C25H28N2O5S. The Hall–Kier alpha value is -3.36. The number of sulfonamides is 1. The summed E-state index contributed by atoms with van der Waals surface area (Å²) in [5.41, 5.74) is 2.57. The smallest absolute Gasteiger partial charge is 0.242 e. The van der Waals surface area contributed by atoms with Crippen LogP contribution in [0.2, 0.25) is 0 Å². The zero-order valence-corrected chi connectivity index (χ0v) is 19.7. The predicted octanol–water partition coefficient (Wildman–Crippen LogP) is 3.79. The average molecular weight is 469 g/mol. The Kier molecular flexibility index (Phi) is 8.08. The van der Waals surface area contributed by atoms with Gasteiger partial charge in [-0.3, -0.25) is 4.79 Å². The Labute approximate surface area is 194 Å². The summed E-state index contributed by atoms with van der Waals surface area (Å²) in [7, 11) is -1.13. The van der Waals surface area contributed by atoms with Crippen molar-refractivity contribution in [1.82, 2.24) is 4.72 Å². The van der Waals surface area contributed by atoms with Crippen LogP contribution in [0.4, 0.5) is 5.69 Å². The molecule has 2 N–H and O–H groups in total. The van der Waals surface area contributed by atoms with Crippen molar-refractivity contribution in [2.24, 2.45) is 0 Å². The molecule has 1 amide bonds. The molecule has 0 aromatic heterocycles. The molecule has 0 aliphatic carbocycles. The Morgan fingerprint density at radius 1 is 0.879 bits per heavy atom. The van der Waals surface area contributed by atoms with Crippen LogP contribution in [0, 0.1) is 0 Å². The molecule has 0 fully saturated rings. The van der Waals surface area contributed by atoms with E-state index in [-0.39, 0.29) is 17.1 Å². The quantitative estimate of drug-likeness (QED) is 0.472. The minimum Gasteiger partial charge on any atom is -0.493 e. The van der Waals surface area contributed by atoms with Crippen molar-refractivity contribution in [2.75, 3.05) is 19.5 Å². The molecule has 0 saturated carbocycles. The number of nitrogens with one attached hydrogen (secondary N) is 2. The van der Waals surface area contributed by atoms with Gasteiger partial charge < -0.3 is 14.8 Å².